The van der Waals surface area contributed by atoms with Crippen molar-refractivity contribution in [1.82, 2.24) is 9.80 Å². The summed E-state index contributed by atoms with van der Waals surface area (Å²) in [6, 6.07) is 16.6. The lowest BCUT2D eigenvalue weighted by molar-refractivity contribution is -0.0707. The van der Waals surface area contributed by atoms with Crippen LogP contribution in [-0.4, -0.2) is 59.7 Å². The zero-order valence-corrected chi connectivity index (χ0v) is 15.5. The van der Waals surface area contributed by atoms with E-state index in [2.05, 4.69) is 17.0 Å². The molecule has 2 aliphatic rings. The molecule has 142 valence electrons. The highest BCUT2D eigenvalue weighted by atomic mass is 16.5. The molecule has 0 unspecified atom stereocenters. The van der Waals surface area contributed by atoms with Crippen molar-refractivity contribution in [1.29, 1.82) is 0 Å². The highest BCUT2D eigenvalue weighted by Crippen LogP contribution is 2.32. The van der Waals surface area contributed by atoms with E-state index in [4.69, 9.17) is 4.74 Å². The summed E-state index contributed by atoms with van der Waals surface area (Å²) >= 11 is 0. The van der Waals surface area contributed by atoms with Gasteiger partial charge >= 0.3 is 0 Å². The summed E-state index contributed by atoms with van der Waals surface area (Å²) in [6.45, 7) is 4.12. The van der Waals surface area contributed by atoms with Crippen LogP contribution in [0.25, 0.3) is 0 Å². The van der Waals surface area contributed by atoms with Crippen LogP contribution >= 0.6 is 0 Å². The van der Waals surface area contributed by atoms with Crippen molar-refractivity contribution in [3.05, 3.63) is 65.7 Å². The Bertz CT molecular complexity index is 774. The fraction of sp³-hybridized carbons (Fsp3) is 0.409. The van der Waals surface area contributed by atoms with Gasteiger partial charge in [0.2, 0.25) is 0 Å². The highest BCUT2D eigenvalue weighted by molar-refractivity contribution is 5.95. The second-order valence-corrected chi connectivity index (χ2v) is 7.32. The standard InChI is InChI=1S/C22H26N2O3/c25-19-10-6-9-18(15-19)22(26)24-13-14-27-20(16-23-11-4-5-12-23)21(24)17-7-2-1-3-8-17/h1-3,6-10,15,20-21,25H,4-5,11-14,16H2/t20-,21-/m0/s1. The third-order valence-electron chi connectivity index (χ3n) is 5.48. The lowest BCUT2D eigenvalue weighted by Crippen LogP contribution is -2.51. The van der Waals surface area contributed by atoms with E-state index in [0.717, 1.165) is 25.2 Å². The van der Waals surface area contributed by atoms with Crippen LogP contribution in [0, 0.1) is 0 Å². The molecule has 0 spiro atoms. The van der Waals surface area contributed by atoms with Crippen molar-refractivity contribution in [3.8, 4) is 5.75 Å². The molecule has 5 heteroatoms. The second kappa shape index (κ2) is 8.11. The van der Waals surface area contributed by atoms with E-state index in [9.17, 15) is 9.90 Å². The number of carbonyl (C=O) groups excluding carboxylic acids is 1. The van der Waals surface area contributed by atoms with Crippen LogP contribution in [0.15, 0.2) is 54.6 Å². The van der Waals surface area contributed by atoms with Gasteiger partial charge in [-0.2, -0.15) is 0 Å². The summed E-state index contributed by atoms with van der Waals surface area (Å²) in [6.07, 6.45) is 2.41. The normalized spacial score (nSPS) is 23.5. The lowest BCUT2D eigenvalue weighted by Gasteiger charge is -2.42. The van der Waals surface area contributed by atoms with Crippen molar-refractivity contribution in [2.45, 2.75) is 25.0 Å². The maximum Gasteiger partial charge on any atom is 0.254 e. The number of aromatic hydroxyl groups is 1. The zero-order chi connectivity index (χ0) is 18.6. The lowest BCUT2D eigenvalue weighted by atomic mass is 9.96. The van der Waals surface area contributed by atoms with E-state index in [1.165, 1.54) is 18.9 Å². The van der Waals surface area contributed by atoms with Gasteiger partial charge in [0.15, 0.2) is 0 Å². The second-order valence-electron chi connectivity index (χ2n) is 7.32. The van der Waals surface area contributed by atoms with E-state index in [1.807, 2.05) is 23.1 Å². The molecule has 5 nitrogen and oxygen atoms in total. The van der Waals surface area contributed by atoms with E-state index < -0.39 is 0 Å². The Morgan fingerprint density at radius 3 is 2.56 bits per heavy atom. The Hall–Kier alpha value is -2.37. The summed E-state index contributed by atoms with van der Waals surface area (Å²) in [7, 11) is 0. The average Bonchev–Trinajstić information content (AvgIpc) is 3.21. The Kier molecular flexibility index (Phi) is 5.41. The molecule has 27 heavy (non-hydrogen) atoms. The fourth-order valence-corrected chi connectivity index (χ4v) is 4.18. The van der Waals surface area contributed by atoms with Gasteiger partial charge in [0, 0.05) is 18.7 Å². The number of phenolic OH excluding ortho intramolecular Hbond substituents is 1. The van der Waals surface area contributed by atoms with Gasteiger partial charge in [0.1, 0.15) is 5.75 Å². The molecule has 0 aliphatic carbocycles. The minimum absolute atomic E-state index is 0.0551. The molecular weight excluding hydrogens is 340 g/mol. The van der Waals surface area contributed by atoms with Crippen molar-refractivity contribution in [3.63, 3.8) is 0 Å². The van der Waals surface area contributed by atoms with Gasteiger partial charge in [-0.15, -0.1) is 0 Å². The number of likely N-dealkylation sites (tertiary alicyclic amines) is 1. The molecule has 2 aromatic carbocycles. The number of phenols is 1. The molecule has 0 radical (unpaired) electrons. The van der Waals surface area contributed by atoms with Crippen molar-refractivity contribution in [2.24, 2.45) is 0 Å². The predicted octanol–water partition coefficient (Wildman–Crippen LogP) is 3.07. The SMILES string of the molecule is O=C(c1cccc(O)c1)N1CCO[C@@H](CN2CCCC2)[C@@H]1c1ccccc1. The molecule has 2 heterocycles. The number of morpholine rings is 1. The van der Waals surface area contributed by atoms with Crippen molar-refractivity contribution < 1.29 is 14.6 Å². The Morgan fingerprint density at radius 2 is 1.81 bits per heavy atom. The highest BCUT2D eigenvalue weighted by Gasteiger charge is 2.37. The number of benzene rings is 2. The first-order valence-electron chi connectivity index (χ1n) is 9.71. The van der Waals surface area contributed by atoms with Gasteiger partial charge in [0.05, 0.1) is 18.8 Å². The minimum atomic E-state index is -0.129. The van der Waals surface area contributed by atoms with Gasteiger partial charge < -0.3 is 19.6 Å². The monoisotopic (exact) mass is 366 g/mol. The maximum atomic E-state index is 13.3. The summed E-state index contributed by atoms with van der Waals surface area (Å²) in [5.74, 6) is 0.0495. The van der Waals surface area contributed by atoms with Gasteiger partial charge in [-0.25, -0.2) is 0 Å². The van der Waals surface area contributed by atoms with Crippen LogP contribution < -0.4 is 0 Å². The molecule has 2 atom stereocenters. The summed E-state index contributed by atoms with van der Waals surface area (Å²) in [5, 5.41) is 9.78. The maximum absolute atomic E-state index is 13.3. The third kappa shape index (κ3) is 3.99. The molecule has 0 saturated carbocycles. The first-order valence-corrected chi connectivity index (χ1v) is 9.71. The van der Waals surface area contributed by atoms with Gasteiger partial charge in [-0.05, 0) is 49.7 Å². The van der Waals surface area contributed by atoms with Crippen molar-refractivity contribution >= 4 is 5.91 Å². The van der Waals surface area contributed by atoms with Gasteiger partial charge in [0.25, 0.3) is 5.91 Å². The van der Waals surface area contributed by atoms with Crippen LogP contribution in [0.4, 0.5) is 0 Å². The number of rotatable bonds is 4. The Labute approximate surface area is 160 Å². The summed E-state index contributed by atoms with van der Waals surface area (Å²) < 4.78 is 6.16. The number of ether oxygens (including phenoxy) is 1. The number of hydrogen-bond donors (Lipinski definition) is 1. The molecule has 0 bridgehead atoms. The fourth-order valence-electron chi connectivity index (χ4n) is 4.18. The summed E-state index contributed by atoms with van der Waals surface area (Å²) in [4.78, 5) is 17.6. The Morgan fingerprint density at radius 1 is 1.04 bits per heavy atom. The molecule has 1 amide bonds. The summed E-state index contributed by atoms with van der Waals surface area (Å²) in [5.41, 5.74) is 1.60. The first-order chi connectivity index (χ1) is 13.2. The van der Waals surface area contributed by atoms with E-state index in [0.29, 0.717) is 18.7 Å². The van der Waals surface area contributed by atoms with Crippen molar-refractivity contribution in [2.75, 3.05) is 32.8 Å². The van der Waals surface area contributed by atoms with Crippen LogP contribution in [0.2, 0.25) is 0 Å². The molecule has 2 aliphatic heterocycles. The number of amides is 1. The molecule has 2 fully saturated rings. The predicted molar refractivity (Wildman–Crippen MR) is 104 cm³/mol. The molecule has 4 rings (SSSR count). The van der Waals surface area contributed by atoms with E-state index in [-0.39, 0.29) is 23.8 Å². The van der Waals surface area contributed by atoms with Gasteiger partial charge in [-0.1, -0.05) is 36.4 Å². The van der Waals surface area contributed by atoms with Crippen LogP contribution in [-0.2, 0) is 4.74 Å². The van der Waals surface area contributed by atoms with E-state index in [1.54, 1.807) is 18.2 Å². The number of nitrogens with zero attached hydrogens (tertiary/aromatic N) is 2. The molecule has 2 aromatic rings. The molecule has 2 saturated heterocycles. The van der Waals surface area contributed by atoms with Crippen LogP contribution in [0.5, 0.6) is 5.75 Å². The topological polar surface area (TPSA) is 53.0 Å². The average molecular weight is 366 g/mol. The smallest absolute Gasteiger partial charge is 0.254 e. The quantitative estimate of drug-likeness (QED) is 0.904. The van der Waals surface area contributed by atoms with E-state index >= 15 is 0 Å². The van der Waals surface area contributed by atoms with Gasteiger partial charge in [-0.3, -0.25) is 4.79 Å². The number of hydrogen-bond acceptors (Lipinski definition) is 4. The van der Waals surface area contributed by atoms with Crippen LogP contribution in [0.3, 0.4) is 0 Å². The largest absolute Gasteiger partial charge is 0.508 e. The minimum Gasteiger partial charge on any atom is -0.508 e. The van der Waals surface area contributed by atoms with Crippen LogP contribution in [0.1, 0.15) is 34.8 Å². The Balaban J connectivity index is 1.64. The first kappa shape index (κ1) is 18.0. The number of carbonyl (C=O) groups is 1. The molecular formula is C22H26N2O3. The molecule has 1 N–H and O–H groups in total. The third-order valence-corrected chi connectivity index (χ3v) is 5.48. The zero-order valence-electron chi connectivity index (χ0n) is 15.5. The molecule has 0 aromatic heterocycles.